The third-order valence-corrected chi connectivity index (χ3v) is 2.38. The van der Waals surface area contributed by atoms with Gasteiger partial charge in [0.25, 0.3) is 5.88 Å². The average Bonchev–Trinajstić information content (AvgIpc) is 2.33. The molecule has 17 heavy (non-hydrogen) atoms. The summed E-state index contributed by atoms with van der Waals surface area (Å²) in [4.78, 5) is 8.13. The Labute approximate surface area is 103 Å². The van der Waals surface area contributed by atoms with E-state index in [0.717, 1.165) is 12.8 Å². The Bertz CT molecular complexity index is 343. The van der Waals surface area contributed by atoms with Crippen molar-refractivity contribution in [3.63, 3.8) is 0 Å². The highest BCUT2D eigenvalue weighted by Crippen LogP contribution is 2.30. The maximum absolute atomic E-state index is 5.60. The highest BCUT2D eigenvalue weighted by Gasteiger charge is 2.11. The van der Waals surface area contributed by atoms with Gasteiger partial charge in [-0.15, -0.1) is 0 Å². The van der Waals surface area contributed by atoms with Gasteiger partial charge in [0.2, 0.25) is 5.75 Å². The van der Waals surface area contributed by atoms with Crippen molar-refractivity contribution in [3.05, 3.63) is 6.33 Å². The van der Waals surface area contributed by atoms with Crippen molar-refractivity contribution in [2.75, 3.05) is 26.1 Å². The molecule has 0 aliphatic heterocycles. The highest BCUT2D eigenvalue weighted by molar-refractivity contribution is 5.54. The van der Waals surface area contributed by atoms with E-state index in [1.807, 2.05) is 0 Å². The second-order valence-corrected chi connectivity index (χ2v) is 4.20. The summed E-state index contributed by atoms with van der Waals surface area (Å²) in [5, 5.41) is 2.94. The van der Waals surface area contributed by atoms with Crippen LogP contribution in [0.2, 0.25) is 0 Å². The van der Waals surface area contributed by atoms with E-state index in [0.29, 0.717) is 30.0 Å². The van der Waals surface area contributed by atoms with Gasteiger partial charge in [0, 0.05) is 7.05 Å². The molecule has 0 saturated heterocycles. The summed E-state index contributed by atoms with van der Waals surface area (Å²) < 4.78 is 10.8. The van der Waals surface area contributed by atoms with E-state index in [-0.39, 0.29) is 0 Å². The molecule has 0 amide bonds. The summed E-state index contributed by atoms with van der Waals surface area (Å²) in [7, 11) is 3.37. The normalized spacial score (nSPS) is 10.4. The molecular weight excluding hydrogens is 218 g/mol. The SMILES string of the molecule is CNc1ncnc(OCCCC(C)C)c1OC. The van der Waals surface area contributed by atoms with Crippen LogP contribution in [0, 0.1) is 5.92 Å². The lowest BCUT2D eigenvalue weighted by molar-refractivity contribution is 0.268. The first-order valence-electron chi connectivity index (χ1n) is 5.88. The number of hydrogen-bond donors (Lipinski definition) is 1. The van der Waals surface area contributed by atoms with Crippen LogP contribution in [0.15, 0.2) is 6.33 Å². The average molecular weight is 239 g/mol. The van der Waals surface area contributed by atoms with Gasteiger partial charge in [-0.3, -0.25) is 0 Å². The molecule has 0 saturated carbocycles. The lowest BCUT2D eigenvalue weighted by Gasteiger charge is -2.12. The molecule has 0 fully saturated rings. The van der Waals surface area contributed by atoms with Gasteiger partial charge in [0.1, 0.15) is 6.33 Å². The van der Waals surface area contributed by atoms with Crippen LogP contribution in [0.25, 0.3) is 0 Å². The fourth-order valence-corrected chi connectivity index (χ4v) is 1.48. The third-order valence-electron chi connectivity index (χ3n) is 2.38. The molecule has 0 aliphatic rings. The Morgan fingerprint density at radius 3 is 2.71 bits per heavy atom. The van der Waals surface area contributed by atoms with Gasteiger partial charge < -0.3 is 14.8 Å². The minimum absolute atomic E-state index is 0.496. The first-order chi connectivity index (χ1) is 8.19. The summed E-state index contributed by atoms with van der Waals surface area (Å²) in [6.07, 6.45) is 3.62. The molecule has 96 valence electrons. The summed E-state index contributed by atoms with van der Waals surface area (Å²) in [5.74, 6) is 2.38. The molecule has 0 atom stereocenters. The van der Waals surface area contributed by atoms with E-state index in [2.05, 4.69) is 29.1 Å². The minimum Gasteiger partial charge on any atom is -0.489 e. The van der Waals surface area contributed by atoms with Gasteiger partial charge in [0.05, 0.1) is 13.7 Å². The molecule has 0 spiro atoms. The summed E-state index contributed by atoms with van der Waals surface area (Å²) >= 11 is 0. The topological polar surface area (TPSA) is 56.3 Å². The van der Waals surface area contributed by atoms with E-state index in [4.69, 9.17) is 9.47 Å². The fourth-order valence-electron chi connectivity index (χ4n) is 1.48. The zero-order chi connectivity index (χ0) is 12.7. The van der Waals surface area contributed by atoms with Gasteiger partial charge in [-0.2, -0.15) is 4.98 Å². The van der Waals surface area contributed by atoms with Crippen LogP contribution in [0.1, 0.15) is 26.7 Å². The number of aromatic nitrogens is 2. The van der Waals surface area contributed by atoms with Crippen LogP contribution in [0.5, 0.6) is 11.6 Å². The van der Waals surface area contributed by atoms with Crippen LogP contribution in [0.3, 0.4) is 0 Å². The summed E-state index contributed by atoms with van der Waals surface area (Å²) in [6.45, 7) is 5.05. The number of hydrogen-bond acceptors (Lipinski definition) is 5. The van der Waals surface area contributed by atoms with Crippen LogP contribution in [-0.2, 0) is 0 Å². The maximum Gasteiger partial charge on any atom is 0.262 e. The number of methoxy groups -OCH3 is 1. The molecule has 1 N–H and O–H groups in total. The van der Waals surface area contributed by atoms with Crippen molar-refractivity contribution in [1.29, 1.82) is 0 Å². The van der Waals surface area contributed by atoms with Gasteiger partial charge in [-0.05, 0) is 18.8 Å². The fraction of sp³-hybridized carbons (Fsp3) is 0.667. The molecule has 1 heterocycles. The molecule has 0 unspecified atom stereocenters. The smallest absolute Gasteiger partial charge is 0.262 e. The van der Waals surface area contributed by atoms with Crippen molar-refractivity contribution < 1.29 is 9.47 Å². The van der Waals surface area contributed by atoms with Gasteiger partial charge in [-0.1, -0.05) is 13.8 Å². The van der Waals surface area contributed by atoms with Crippen molar-refractivity contribution in [2.24, 2.45) is 5.92 Å². The molecule has 1 aromatic rings. The molecule has 0 aromatic carbocycles. The predicted molar refractivity (Wildman–Crippen MR) is 67.7 cm³/mol. The molecule has 1 aromatic heterocycles. The van der Waals surface area contributed by atoms with Crippen LogP contribution < -0.4 is 14.8 Å². The van der Waals surface area contributed by atoms with Crippen LogP contribution in [-0.4, -0.2) is 30.7 Å². The first kappa shape index (κ1) is 13.5. The third kappa shape index (κ3) is 4.09. The van der Waals surface area contributed by atoms with Gasteiger partial charge >= 0.3 is 0 Å². The maximum atomic E-state index is 5.60. The lowest BCUT2D eigenvalue weighted by Crippen LogP contribution is -2.05. The molecular formula is C12H21N3O2. The number of anilines is 1. The predicted octanol–water partition coefficient (Wildman–Crippen LogP) is 2.34. The van der Waals surface area contributed by atoms with Gasteiger partial charge in [-0.25, -0.2) is 4.98 Å². The minimum atomic E-state index is 0.496. The van der Waals surface area contributed by atoms with E-state index >= 15 is 0 Å². The molecule has 0 radical (unpaired) electrons. The second-order valence-electron chi connectivity index (χ2n) is 4.20. The zero-order valence-electron chi connectivity index (χ0n) is 11.0. The van der Waals surface area contributed by atoms with Crippen molar-refractivity contribution >= 4 is 5.82 Å². The number of nitrogens with zero attached hydrogens (tertiary/aromatic N) is 2. The van der Waals surface area contributed by atoms with Crippen molar-refractivity contribution in [2.45, 2.75) is 26.7 Å². The molecule has 0 bridgehead atoms. The Morgan fingerprint density at radius 2 is 2.12 bits per heavy atom. The van der Waals surface area contributed by atoms with Crippen LogP contribution >= 0.6 is 0 Å². The monoisotopic (exact) mass is 239 g/mol. The summed E-state index contributed by atoms with van der Waals surface area (Å²) in [6, 6.07) is 0. The molecule has 0 aliphatic carbocycles. The van der Waals surface area contributed by atoms with E-state index < -0.39 is 0 Å². The van der Waals surface area contributed by atoms with Gasteiger partial charge in [0.15, 0.2) is 5.82 Å². The highest BCUT2D eigenvalue weighted by atomic mass is 16.5. The Hall–Kier alpha value is -1.52. The molecule has 5 nitrogen and oxygen atoms in total. The number of rotatable bonds is 7. The number of ether oxygens (including phenoxy) is 2. The Kier molecular flexibility index (Phi) is 5.52. The Balaban J connectivity index is 2.58. The molecule has 5 heteroatoms. The van der Waals surface area contributed by atoms with E-state index in [1.165, 1.54) is 6.33 Å². The van der Waals surface area contributed by atoms with E-state index in [1.54, 1.807) is 14.2 Å². The van der Waals surface area contributed by atoms with E-state index in [9.17, 15) is 0 Å². The zero-order valence-corrected chi connectivity index (χ0v) is 11.0. The largest absolute Gasteiger partial charge is 0.489 e. The summed E-state index contributed by atoms with van der Waals surface area (Å²) in [5.41, 5.74) is 0. The molecule has 1 rings (SSSR count). The van der Waals surface area contributed by atoms with Crippen molar-refractivity contribution in [1.82, 2.24) is 9.97 Å². The van der Waals surface area contributed by atoms with Crippen molar-refractivity contribution in [3.8, 4) is 11.6 Å². The number of nitrogens with one attached hydrogen (secondary N) is 1. The first-order valence-corrected chi connectivity index (χ1v) is 5.88. The Morgan fingerprint density at radius 1 is 1.35 bits per heavy atom. The second kappa shape index (κ2) is 6.93. The van der Waals surface area contributed by atoms with Crippen LogP contribution in [0.4, 0.5) is 5.82 Å². The standard InChI is InChI=1S/C12H21N3O2/c1-9(2)6-5-7-17-12-10(16-4)11(13-3)14-8-15-12/h8-9H,5-7H2,1-4H3,(H,13,14,15). The lowest BCUT2D eigenvalue weighted by atomic mass is 10.1. The quantitative estimate of drug-likeness (QED) is 0.740.